The Balaban J connectivity index is 1.48. The van der Waals surface area contributed by atoms with E-state index in [1.807, 2.05) is 38.4 Å². The molecule has 0 saturated carbocycles. The number of likely N-dealkylation sites (N-methyl/N-ethyl adjacent to an activating group) is 1. The van der Waals surface area contributed by atoms with Crippen LogP contribution in [-0.4, -0.2) is 44.0 Å². The molecule has 3 N–H and O–H groups in total. The van der Waals surface area contributed by atoms with Gasteiger partial charge in [0, 0.05) is 24.2 Å². The molecule has 0 heterocycles. The van der Waals surface area contributed by atoms with E-state index in [9.17, 15) is 9.59 Å². The highest BCUT2D eigenvalue weighted by molar-refractivity contribution is 5.94. The molecule has 0 aliphatic heterocycles. The Labute approximate surface area is 187 Å². The first-order valence-electron chi connectivity index (χ1n) is 10.2. The van der Waals surface area contributed by atoms with Gasteiger partial charge in [-0.05, 0) is 80.3 Å². The molecule has 0 saturated heterocycles. The molecule has 0 bridgehead atoms. The van der Waals surface area contributed by atoms with Gasteiger partial charge in [0.25, 0.3) is 5.91 Å². The maximum Gasteiger partial charge on any atom is 0.251 e. The zero-order valence-electron chi connectivity index (χ0n) is 18.2. The molecule has 32 heavy (non-hydrogen) atoms. The molecule has 0 radical (unpaired) electrons. The number of benzene rings is 3. The third-order valence-corrected chi connectivity index (χ3v) is 4.67. The summed E-state index contributed by atoms with van der Waals surface area (Å²) in [6.45, 7) is 1.89. The van der Waals surface area contributed by atoms with Gasteiger partial charge in [-0.1, -0.05) is 12.1 Å². The van der Waals surface area contributed by atoms with Gasteiger partial charge in [-0.3, -0.25) is 9.59 Å². The number of nitrogens with two attached hydrogens (primary N) is 1. The summed E-state index contributed by atoms with van der Waals surface area (Å²) in [5.41, 5.74) is 7.16. The van der Waals surface area contributed by atoms with Crippen molar-refractivity contribution in [2.24, 2.45) is 5.73 Å². The number of nitrogens with one attached hydrogen (secondary N) is 1. The van der Waals surface area contributed by atoms with E-state index in [0.717, 1.165) is 17.9 Å². The van der Waals surface area contributed by atoms with E-state index in [0.29, 0.717) is 35.8 Å². The molecule has 0 aromatic heterocycles. The van der Waals surface area contributed by atoms with Crippen LogP contribution in [0, 0.1) is 0 Å². The number of amides is 2. The number of primary amides is 1. The van der Waals surface area contributed by atoms with Crippen LogP contribution in [0.2, 0.25) is 0 Å². The summed E-state index contributed by atoms with van der Waals surface area (Å²) in [6, 6.07) is 21.0. The van der Waals surface area contributed by atoms with Crippen molar-refractivity contribution in [3.63, 3.8) is 0 Å². The maximum absolute atomic E-state index is 12.4. The van der Waals surface area contributed by atoms with Crippen LogP contribution in [0.5, 0.6) is 17.2 Å². The number of hydrogen-bond acceptors (Lipinski definition) is 5. The molecule has 0 spiro atoms. The summed E-state index contributed by atoms with van der Waals surface area (Å²) in [7, 11) is 4.00. The summed E-state index contributed by atoms with van der Waals surface area (Å²) in [6.07, 6.45) is 0. The van der Waals surface area contributed by atoms with Crippen LogP contribution in [0.3, 0.4) is 0 Å². The third-order valence-electron chi connectivity index (χ3n) is 4.67. The summed E-state index contributed by atoms with van der Waals surface area (Å²) >= 11 is 0. The molecule has 0 unspecified atom stereocenters. The van der Waals surface area contributed by atoms with E-state index >= 15 is 0 Å². The zero-order chi connectivity index (χ0) is 22.9. The second-order valence-electron chi connectivity index (χ2n) is 7.49. The van der Waals surface area contributed by atoms with E-state index in [1.165, 1.54) is 0 Å². The average Bonchev–Trinajstić information content (AvgIpc) is 2.79. The van der Waals surface area contributed by atoms with Crippen molar-refractivity contribution in [2.75, 3.05) is 27.2 Å². The molecule has 3 aromatic carbocycles. The van der Waals surface area contributed by atoms with Gasteiger partial charge < -0.3 is 25.4 Å². The summed E-state index contributed by atoms with van der Waals surface area (Å²) in [4.78, 5) is 25.6. The van der Waals surface area contributed by atoms with Crippen LogP contribution in [-0.2, 0) is 6.54 Å². The molecule has 7 heteroatoms. The highest BCUT2D eigenvalue weighted by Crippen LogP contribution is 2.22. The molecule has 0 aliphatic rings. The van der Waals surface area contributed by atoms with Gasteiger partial charge in [0.2, 0.25) is 5.91 Å². The molecule has 166 valence electrons. The standard InChI is InChI=1S/C25H27N3O4/c1-28(2)15-16-31-21-9-3-18(4-10-21)17-27-25(30)20-7-13-23(14-8-20)32-22-11-5-19(6-12-22)24(26)29/h3-14H,15-17H2,1-2H3,(H2,26,29)(H,27,30). The quantitative estimate of drug-likeness (QED) is 0.511. The van der Waals surface area contributed by atoms with Gasteiger partial charge >= 0.3 is 0 Å². The first-order valence-corrected chi connectivity index (χ1v) is 10.2. The number of carbonyl (C=O) groups is 2. The van der Waals surface area contributed by atoms with Crippen LogP contribution < -0.4 is 20.5 Å². The minimum atomic E-state index is -0.490. The van der Waals surface area contributed by atoms with Crippen molar-refractivity contribution in [2.45, 2.75) is 6.54 Å². The smallest absolute Gasteiger partial charge is 0.251 e. The van der Waals surface area contributed by atoms with Gasteiger partial charge in [0.1, 0.15) is 23.9 Å². The molecule has 3 aromatic rings. The highest BCUT2D eigenvalue weighted by Gasteiger charge is 2.07. The first-order chi connectivity index (χ1) is 15.4. The minimum absolute atomic E-state index is 0.173. The minimum Gasteiger partial charge on any atom is -0.492 e. The highest BCUT2D eigenvalue weighted by atomic mass is 16.5. The Kier molecular flexibility index (Phi) is 7.83. The Hall–Kier alpha value is -3.84. The predicted molar refractivity (Wildman–Crippen MR) is 123 cm³/mol. The summed E-state index contributed by atoms with van der Waals surface area (Å²) in [5, 5.41) is 2.91. The predicted octanol–water partition coefficient (Wildman–Crippen LogP) is 3.45. The number of carbonyl (C=O) groups excluding carboxylic acids is 2. The van der Waals surface area contributed by atoms with Gasteiger partial charge in [-0.15, -0.1) is 0 Å². The lowest BCUT2D eigenvalue weighted by Crippen LogP contribution is -2.22. The van der Waals surface area contributed by atoms with Crippen molar-refractivity contribution in [1.29, 1.82) is 0 Å². The lowest BCUT2D eigenvalue weighted by atomic mass is 10.2. The Morgan fingerprint density at radius 3 is 1.88 bits per heavy atom. The van der Waals surface area contributed by atoms with Crippen LogP contribution in [0.4, 0.5) is 0 Å². The molecular formula is C25H27N3O4. The monoisotopic (exact) mass is 433 g/mol. The number of nitrogens with zero attached hydrogens (tertiary/aromatic N) is 1. The number of hydrogen-bond donors (Lipinski definition) is 2. The van der Waals surface area contributed by atoms with Crippen molar-refractivity contribution in [3.05, 3.63) is 89.5 Å². The molecule has 2 amide bonds. The fourth-order valence-electron chi connectivity index (χ4n) is 2.83. The molecule has 0 atom stereocenters. The molecule has 0 fully saturated rings. The topological polar surface area (TPSA) is 93.9 Å². The molecule has 3 rings (SSSR count). The Morgan fingerprint density at radius 2 is 1.34 bits per heavy atom. The van der Waals surface area contributed by atoms with Gasteiger partial charge in [-0.25, -0.2) is 0 Å². The van der Waals surface area contributed by atoms with Crippen LogP contribution in [0.1, 0.15) is 26.3 Å². The first kappa shape index (κ1) is 22.8. The fraction of sp³-hybridized carbons (Fsp3) is 0.200. The lowest BCUT2D eigenvalue weighted by Gasteiger charge is -2.11. The Morgan fingerprint density at radius 1 is 0.812 bits per heavy atom. The van der Waals surface area contributed by atoms with Crippen molar-refractivity contribution >= 4 is 11.8 Å². The molecule has 7 nitrogen and oxygen atoms in total. The second kappa shape index (κ2) is 11.0. The van der Waals surface area contributed by atoms with Crippen LogP contribution >= 0.6 is 0 Å². The number of ether oxygens (including phenoxy) is 2. The van der Waals surface area contributed by atoms with Crippen molar-refractivity contribution in [3.8, 4) is 17.2 Å². The molecular weight excluding hydrogens is 406 g/mol. The van der Waals surface area contributed by atoms with E-state index in [4.69, 9.17) is 15.2 Å². The van der Waals surface area contributed by atoms with Crippen molar-refractivity contribution < 1.29 is 19.1 Å². The third kappa shape index (κ3) is 6.85. The second-order valence-corrected chi connectivity index (χ2v) is 7.49. The lowest BCUT2D eigenvalue weighted by molar-refractivity contribution is 0.0949. The molecule has 0 aliphatic carbocycles. The van der Waals surface area contributed by atoms with Crippen LogP contribution in [0.25, 0.3) is 0 Å². The largest absolute Gasteiger partial charge is 0.492 e. The van der Waals surface area contributed by atoms with Gasteiger partial charge in [0.05, 0.1) is 0 Å². The normalized spacial score (nSPS) is 10.6. The van der Waals surface area contributed by atoms with E-state index in [-0.39, 0.29) is 5.91 Å². The summed E-state index contributed by atoms with van der Waals surface area (Å²) in [5.74, 6) is 1.30. The van der Waals surface area contributed by atoms with Crippen LogP contribution in [0.15, 0.2) is 72.8 Å². The Bertz CT molecular complexity index is 1030. The average molecular weight is 434 g/mol. The van der Waals surface area contributed by atoms with E-state index < -0.39 is 5.91 Å². The zero-order valence-corrected chi connectivity index (χ0v) is 18.2. The SMILES string of the molecule is CN(C)CCOc1ccc(CNC(=O)c2ccc(Oc3ccc(C(N)=O)cc3)cc2)cc1. The van der Waals surface area contributed by atoms with Gasteiger partial charge in [-0.2, -0.15) is 0 Å². The number of rotatable bonds is 10. The van der Waals surface area contributed by atoms with Gasteiger partial charge in [0.15, 0.2) is 0 Å². The summed E-state index contributed by atoms with van der Waals surface area (Å²) < 4.78 is 11.4. The van der Waals surface area contributed by atoms with E-state index in [1.54, 1.807) is 48.5 Å². The van der Waals surface area contributed by atoms with E-state index in [2.05, 4.69) is 10.2 Å². The fourth-order valence-corrected chi connectivity index (χ4v) is 2.83. The maximum atomic E-state index is 12.4. The van der Waals surface area contributed by atoms with Crippen molar-refractivity contribution in [1.82, 2.24) is 10.2 Å².